The molecule has 1 fully saturated rings. The summed E-state index contributed by atoms with van der Waals surface area (Å²) < 4.78 is 0. The maximum atomic E-state index is 10.5. The first-order chi connectivity index (χ1) is 6.53. The van der Waals surface area contributed by atoms with Crippen LogP contribution in [0.1, 0.15) is 18.4 Å². The van der Waals surface area contributed by atoms with Gasteiger partial charge < -0.3 is 10.8 Å². The lowest BCUT2D eigenvalue weighted by Gasteiger charge is -2.08. The summed E-state index contributed by atoms with van der Waals surface area (Å²) >= 11 is 0. The van der Waals surface area contributed by atoms with Gasteiger partial charge in [-0.15, -0.1) is 0 Å². The molecule has 0 spiro atoms. The number of nitro benzene ring substituents is 1. The van der Waals surface area contributed by atoms with Crippen LogP contribution < -0.4 is 5.73 Å². The minimum absolute atomic E-state index is 0.278. The number of aromatic hydroxyl groups is 1. The van der Waals surface area contributed by atoms with Crippen molar-refractivity contribution < 1.29 is 10.0 Å². The van der Waals surface area contributed by atoms with Crippen molar-refractivity contribution >= 4 is 5.69 Å². The van der Waals surface area contributed by atoms with Crippen molar-refractivity contribution in [3.63, 3.8) is 0 Å². The zero-order chi connectivity index (χ0) is 10.3. The summed E-state index contributed by atoms with van der Waals surface area (Å²) in [5.74, 6) is -0.317. The predicted octanol–water partition coefficient (Wildman–Crippen LogP) is 1.25. The summed E-state index contributed by atoms with van der Waals surface area (Å²) in [6, 6.07) is 4.30. The summed E-state index contributed by atoms with van der Waals surface area (Å²) in [4.78, 5) is 9.92. The first-order valence-electron chi connectivity index (χ1n) is 4.30. The quantitative estimate of drug-likeness (QED) is 0.547. The van der Waals surface area contributed by atoms with E-state index >= 15 is 0 Å². The van der Waals surface area contributed by atoms with Gasteiger partial charge in [0.05, 0.1) is 4.92 Å². The molecule has 0 radical (unpaired) electrons. The summed E-state index contributed by atoms with van der Waals surface area (Å²) in [6.45, 7) is 0. The molecule has 1 aromatic carbocycles. The molecule has 0 saturated heterocycles. The molecule has 5 heteroatoms. The van der Waals surface area contributed by atoms with Gasteiger partial charge in [0.15, 0.2) is 5.75 Å². The van der Waals surface area contributed by atoms with E-state index in [0.29, 0.717) is 0 Å². The highest BCUT2D eigenvalue weighted by molar-refractivity contribution is 5.50. The van der Waals surface area contributed by atoms with Gasteiger partial charge in [-0.05, 0) is 24.5 Å². The normalized spacial score (nSPS) is 17.8. The number of benzene rings is 1. The van der Waals surface area contributed by atoms with Gasteiger partial charge in [-0.3, -0.25) is 10.1 Å². The van der Waals surface area contributed by atoms with Crippen molar-refractivity contribution in [2.45, 2.75) is 18.4 Å². The van der Waals surface area contributed by atoms with Gasteiger partial charge in [0.2, 0.25) is 0 Å². The maximum absolute atomic E-state index is 10.5. The summed E-state index contributed by atoms with van der Waals surface area (Å²) in [7, 11) is 0. The molecule has 5 nitrogen and oxygen atoms in total. The monoisotopic (exact) mass is 194 g/mol. The Morgan fingerprint density at radius 3 is 2.64 bits per heavy atom. The van der Waals surface area contributed by atoms with Gasteiger partial charge in [0, 0.05) is 11.6 Å². The molecule has 0 atom stereocenters. The summed E-state index contributed by atoms with van der Waals surface area (Å²) in [5, 5.41) is 19.7. The molecule has 14 heavy (non-hydrogen) atoms. The summed E-state index contributed by atoms with van der Waals surface area (Å²) in [6.07, 6.45) is 1.68. The molecule has 1 aliphatic carbocycles. The molecule has 0 bridgehead atoms. The van der Waals surface area contributed by atoms with Crippen LogP contribution in [0, 0.1) is 10.1 Å². The van der Waals surface area contributed by atoms with Gasteiger partial charge in [-0.1, -0.05) is 6.07 Å². The molecule has 0 amide bonds. The molecular weight excluding hydrogens is 184 g/mol. The lowest BCUT2D eigenvalue weighted by Crippen LogP contribution is -2.18. The van der Waals surface area contributed by atoms with Crippen LogP contribution in [0.2, 0.25) is 0 Å². The van der Waals surface area contributed by atoms with Crippen LogP contribution >= 0.6 is 0 Å². The Bertz CT molecular complexity index is 399. The van der Waals surface area contributed by atoms with E-state index in [0.717, 1.165) is 18.4 Å². The minimum Gasteiger partial charge on any atom is -0.502 e. The average molecular weight is 194 g/mol. The van der Waals surface area contributed by atoms with Gasteiger partial charge in [0.1, 0.15) is 0 Å². The van der Waals surface area contributed by atoms with Crippen molar-refractivity contribution in [2.24, 2.45) is 5.73 Å². The van der Waals surface area contributed by atoms with Gasteiger partial charge in [-0.2, -0.15) is 0 Å². The fourth-order valence-corrected chi connectivity index (χ4v) is 1.40. The number of hydrogen-bond acceptors (Lipinski definition) is 4. The van der Waals surface area contributed by atoms with Crippen molar-refractivity contribution in [1.82, 2.24) is 0 Å². The first-order valence-corrected chi connectivity index (χ1v) is 4.30. The van der Waals surface area contributed by atoms with Crippen LogP contribution in [0.15, 0.2) is 18.2 Å². The van der Waals surface area contributed by atoms with E-state index in [1.54, 1.807) is 6.07 Å². The zero-order valence-corrected chi connectivity index (χ0v) is 7.43. The molecule has 3 N–H and O–H groups in total. The van der Waals surface area contributed by atoms with E-state index in [9.17, 15) is 15.2 Å². The molecule has 1 aliphatic rings. The molecular formula is C9H10N2O3. The van der Waals surface area contributed by atoms with Crippen molar-refractivity contribution in [3.05, 3.63) is 33.9 Å². The van der Waals surface area contributed by atoms with Gasteiger partial charge >= 0.3 is 5.69 Å². The third kappa shape index (κ3) is 1.31. The Hall–Kier alpha value is -1.62. The summed E-state index contributed by atoms with van der Waals surface area (Å²) in [5.41, 5.74) is 5.92. The molecule has 0 aliphatic heterocycles. The highest BCUT2D eigenvalue weighted by Gasteiger charge is 2.41. The third-order valence-electron chi connectivity index (χ3n) is 2.54. The van der Waals surface area contributed by atoms with Crippen LogP contribution in [0.4, 0.5) is 5.69 Å². The Morgan fingerprint density at radius 2 is 2.14 bits per heavy atom. The SMILES string of the molecule is NC1(c2ccc(O)c([N+](=O)[O-])c2)CC1. The second-order valence-electron chi connectivity index (χ2n) is 3.62. The molecule has 2 rings (SSSR count). The van der Waals surface area contributed by atoms with E-state index in [2.05, 4.69) is 0 Å². The van der Waals surface area contributed by atoms with Gasteiger partial charge in [-0.25, -0.2) is 0 Å². The van der Waals surface area contributed by atoms with Crippen LogP contribution in [0.3, 0.4) is 0 Å². The Balaban J connectivity index is 2.46. The van der Waals surface area contributed by atoms with Crippen LogP contribution in [0.5, 0.6) is 5.75 Å². The Morgan fingerprint density at radius 1 is 1.50 bits per heavy atom. The predicted molar refractivity (Wildman–Crippen MR) is 49.9 cm³/mol. The number of nitrogens with two attached hydrogens (primary N) is 1. The van der Waals surface area contributed by atoms with Crippen LogP contribution in [0.25, 0.3) is 0 Å². The fourth-order valence-electron chi connectivity index (χ4n) is 1.40. The molecule has 1 aromatic rings. The van der Waals surface area contributed by atoms with Gasteiger partial charge in [0.25, 0.3) is 0 Å². The number of nitro groups is 1. The van der Waals surface area contributed by atoms with E-state index < -0.39 is 10.5 Å². The highest BCUT2D eigenvalue weighted by Crippen LogP contribution is 2.44. The topological polar surface area (TPSA) is 89.4 Å². The lowest BCUT2D eigenvalue weighted by atomic mass is 10.1. The van der Waals surface area contributed by atoms with E-state index in [1.807, 2.05) is 0 Å². The standard InChI is InChI=1S/C9H10N2O3/c10-9(3-4-9)6-1-2-8(12)7(5-6)11(13)14/h1-2,5,12H,3-4,10H2. The number of hydrogen-bond donors (Lipinski definition) is 2. The zero-order valence-electron chi connectivity index (χ0n) is 7.43. The highest BCUT2D eigenvalue weighted by atomic mass is 16.6. The largest absolute Gasteiger partial charge is 0.502 e. The number of rotatable bonds is 2. The fraction of sp³-hybridized carbons (Fsp3) is 0.333. The van der Waals surface area contributed by atoms with E-state index in [4.69, 9.17) is 5.73 Å². The molecule has 74 valence electrons. The lowest BCUT2D eigenvalue weighted by molar-refractivity contribution is -0.385. The second-order valence-corrected chi connectivity index (χ2v) is 3.62. The van der Waals surface area contributed by atoms with E-state index in [1.165, 1.54) is 12.1 Å². The Kier molecular flexibility index (Phi) is 1.72. The van der Waals surface area contributed by atoms with Crippen molar-refractivity contribution in [1.29, 1.82) is 0 Å². The van der Waals surface area contributed by atoms with E-state index in [-0.39, 0.29) is 11.4 Å². The smallest absolute Gasteiger partial charge is 0.311 e. The first kappa shape index (κ1) is 8.96. The second kappa shape index (κ2) is 2.68. The van der Waals surface area contributed by atoms with Crippen molar-refractivity contribution in [2.75, 3.05) is 0 Å². The number of phenolic OH excluding ortho intramolecular Hbond substituents is 1. The number of nitrogens with zero attached hydrogens (tertiary/aromatic N) is 1. The van der Waals surface area contributed by atoms with Crippen LogP contribution in [-0.2, 0) is 5.54 Å². The Labute approximate surface area is 80.3 Å². The number of phenols is 1. The molecule has 0 aromatic heterocycles. The maximum Gasteiger partial charge on any atom is 0.311 e. The molecule has 1 saturated carbocycles. The van der Waals surface area contributed by atoms with Crippen LogP contribution in [-0.4, -0.2) is 10.0 Å². The average Bonchev–Trinajstić information content (AvgIpc) is 2.85. The molecule has 0 heterocycles. The minimum atomic E-state index is -0.607. The third-order valence-corrected chi connectivity index (χ3v) is 2.54. The molecule has 0 unspecified atom stereocenters. The van der Waals surface area contributed by atoms with Crippen molar-refractivity contribution in [3.8, 4) is 5.75 Å².